The molecule has 0 spiro atoms. The minimum Gasteiger partial charge on any atom is -0.408 e. The van der Waals surface area contributed by atoms with E-state index in [0.717, 1.165) is 5.56 Å². The number of aryl methyl sites for hydroxylation is 1. The quantitative estimate of drug-likeness (QED) is 0.868. The molecule has 1 N–H and O–H groups in total. The van der Waals surface area contributed by atoms with Crippen LogP contribution in [0.2, 0.25) is 0 Å². The van der Waals surface area contributed by atoms with Gasteiger partial charge in [0.15, 0.2) is 15.4 Å². The molecule has 1 fully saturated rings. The molecule has 1 aliphatic heterocycles. The molecule has 1 unspecified atom stereocenters. The third-order valence-electron chi connectivity index (χ3n) is 4.42. The summed E-state index contributed by atoms with van der Waals surface area (Å²) in [7, 11) is -3.01. The molecule has 1 saturated heterocycles. The third kappa shape index (κ3) is 3.53. The maximum Gasteiger partial charge on any atom is 0.417 e. The summed E-state index contributed by atoms with van der Waals surface area (Å²) in [5.41, 5.74) is 2.02. The van der Waals surface area contributed by atoms with Gasteiger partial charge < -0.3 is 9.32 Å². The van der Waals surface area contributed by atoms with E-state index >= 15 is 0 Å². The average molecular weight is 352 g/mol. The minimum absolute atomic E-state index is 0.0413. The Morgan fingerprint density at radius 3 is 2.88 bits per heavy atom. The van der Waals surface area contributed by atoms with E-state index < -0.39 is 15.6 Å². The van der Waals surface area contributed by atoms with Crippen molar-refractivity contribution in [1.82, 2.24) is 9.88 Å². The molecule has 24 heavy (non-hydrogen) atoms. The van der Waals surface area contributed by atoms with Gasteiger partial charge in [-0.2, -0.15) is 0 Å². The largest absolute Gasteiger partial charge is 0.417 e. The monoisotopic (exact) mass is 352 g/mol. The molecular formula is C16H20N2O5S. The summed E-state index contributed by atoms with van der Waals surface area (Å²) in [5, 5.41) is 0. The molecule has 2 heterocycles. The molecule has 7 nitrogen and oxygen atoms in total. The van der Waals surface area contributed by atoms with Gasteiger partial charge in [0.1, 0.15) is 0 Å². The molecular weight excluding hydrogens is 332 g/mol. The van der Waals surface area contributed by atoms with Gasteiger partial charge in [-0.05, 0) is 37.5 Å². The molecule has 3 rings (SSSR count). The van der Waals surface area contributed by atoms with Crippen molar-refractivity contribution in [1.29, 1.82) is 0 Å². The molecule has 0 saturated carbocycles. The smallest absolute Gasteiger partial charge is 0.408 e. The molecule has 8 heteroatoms. The van der Waals surface area contributed by atoms with Crippen molar-refractivity contribution in [3.05, 3.63) is 34.3 Å². The van der Waals surface area contributed by atoms with Crippen LogP contribution in [-0.4, -0.2) is 48.3 Å². The number of fused-ring (bicyclic) bond motifs is 1. The number of carbonyl (C=O) groups excluding carboxylic acids is 1. The van der Waals surface area contributed by atoms with E-state index in [-0.39, 0.29) is 23.5 Å². The number of nitrogens with zero attached hydrogens (tertiary/aromatic N) is 1. The SMILES string of the molecule is CCN(C(=O)CCc1ccc2oc(=O)[nH]c2c1)C1CCS(=O)(=O)C1. The first-order chi connectivity index (χ1) is 11.4. The van der Waals surface area contributed by atoms with Gasteiger partial charge in [0.25, 0.3) is 0 Å². The van der Waals surface area contributed by atoms with E-state index in [2.05, 4.69) is 4.98 Å². The number of aromatic amines is 1. The summed E-state index contributed by atoms with van der Waals surface area (Å²) in [6.07, 6.45) is 1.35. The van der Waals surface area contributed by atoms with Crippen molar-refractivity contribution in [2.24, 2.45) is 0 Å². The molecule has 1 amide bonds. The maximum atomic E-state index is 12.5. The zero-order chi connectivity index (χ0) is 17.3. The lowest BCUT2D eigenvalue weighted by Crippen LogP contribution is -2.41. The molecule has 0 bridgehead atoms. The van der Waals surface area contributed by atoms with Crippen molar-refractivity contribution >= 4 is 26.8 Å². The minimum atomic E-state index is -3.01. The summed E-state index contributed by atoms with van der Waals surface area (Å²) in [6, 6.07) is 5.11. The Hall–Kier alpha value is -2.09. The van der Waals surface area contributed by atoms with Crippen molar-refractivity contribution in [2.75, 3.05) is 18.1 Å². The van der Waals surface area contributed by atoms with Crippen LogP contribution in [-0.2, 0) is 21.1 Å². The predicted molar refractivity (Wildman–Crippen MR) is 89.6 cm³/mol. The Bertz CT molecular complexity index is 912. The van der Waals surface area contributed by atoms with Crippen LogP contribution in [0.25, 0.3) is 11.1 Å². The van der Waals surface area contributed by atoms with Crippen LogP contribution in [0.3, 0.4) is 0 Å². The summed E-state index contributed by atoms with van der Waals surface area (Å²) in [5.74, 6) is -0.320. The highest BCUT2D eigenvalue weighted by molar-refractivity contribution is 7.91. The normalized spacial score (nSPS) is 19.6. The number of benzene rings is 1. The van der Waals surface area contributed by atoms with Crippen molar-refractivity contribution in [2.45, 2.75) is 32.2 Å². The summed E-state index contributed by atoms with van der Waals surface area (Å²) in [4.78, 5) is 27.9. The number of hydrogen-bond donors (Lipinski definition) is 1. The second kappa shape index (κ2) is 6.43. The van der Waals surface area contributed by atoms with Gasteiger partial charge in [-0.3, -0.25) is 9.78 Å². The summed E-state index contributed by atoms with van der Waals surface area (Å²) < 4.78 is 28.2. The molecule has 1 aromatic heterocycles. The van der Waals surface area contributed by atoms with Gasteiger partial charge in [0.2, 0.25) is 5.91 Å². The van der Waals surface area contributed by atoms with E-state index in [0.29, 0.717) is 36.9 Å². The van der Waals surface area contributed by atoms with E-state index in [9.17, 15) is 18.0 Å². The van der Waals surface area contributed by atoms with E-state index in [1.165, 1.54) is 0 Å². The first-order valence-corrected chi connectivity index (χ1v) is 9.82. The number of rotatable bonds is 5. The lowest BCUT2D eigenvalue weighted by molar-refractivity contribution is -0.132. The number of carbonyl (C=O) groups is 1. The van der Waals surface area contributed by atoms with Crippen LogP contribution in [0.5, 0.6) is 0 Å². The Morgan fingerprint density at radius 1 is 1.42 bits per heavy atom. The van der Waals surface area contributed by atoms with Crippen molar-refractivity contribution in [3.8, 4) is 0 Å². The van der Waals surface area contributed by atoms with Crippen molar-refractivity contribution in [3.63, 3.8) is 0 Å². The van der Waals surface area contributed by atoms with E-state index in [4.69, 9.17) is 4.42 Å². The number of nitrogens with one attached hydrogen (secondary N) is 1. The highest BCUT2D eigenvalue weighted by Crippen LogP contribution is 2.19. The lowest BCUT2D eigenvalue weighted by Gasteiger charge is -2.27. The number of amides is 1. The van der Waals surface area contributed by atoms with Gasteiger partial charge in [0.05, 0.1) is 17.0 Å². The van der Waals surface area contributed by atoms with Gasteiger partial charge in [-0.15, -0.1) is 0 Å². The Balaban J connectivity index is 1.65. The number of H-pyrrole nitrogens is 1. The van der Waals surface area contributed by atoms with Crippen LogP contribution in [0.4, 0.5) is 0 Å². The average Bonchev–Trinajstić information content (AvgIpc) is 3.06. The third-order valence-corrected chi connectivity index (χ3v) is 6.17. The van der Waals surface area contributed by atoms with Crippen LogP contribution >= 0.6 is 0 Å². The summed E-state index contributed by atoms with van der Waals surface area (Å²) in [6.45, 7) is 2.37. The molecule has 1 aliphatic rings. The Labute approximate surface area is 139 Å². The zero-order valence-electron chi connectivity index (χ0n) is 13.4. The second-order valence-electron chi connectivity index (χ2n) is 6.08. The van der Waals surface area contributed by atoms with Gasteiger partial charge >= 0.3 is 5.76 Å². The molecule has 1 atom stereocenters. The standard InChI is InChI=1S/C16H20N2O5S/c1-2-18(12-7-8-24(21,22)10-12)15(19)6-4-11-3-5-14-13(9-11)17-16(20)23-14/h3,5,9,12H,2,4,6-8,10H2,1H3,(H,17,20). The van der Waals surface area contributed by atoms with Gasteiger partial charge in [-0.1, -0.05) is 6.07 Å². The zero-order valence-corrected chi connectivity index (χ0v) is 14.3. The van der Waals surface area contributed by atoms with Gasteiger partial charge in [0, 0.05) is 19.0 Å². The fourth-order valence-electron chi connectivity index (χ4n) is 3.21. The fourth-order valence-corrected chi connectivity index (χ4v) is 4.94. The number of oxazole rings is 1. The molecule has 1 aromatic carbocycles. The molecule has 130 valence electrons. The van der Waals surface area contributed by atoms with Crippen LogP contribution in [0.15, 0.2) is 27.4 Å². The highest BCUT2D eigenvalue weighted by Gasteiger charge is 2.33. The van der Waals surface area contributed by atoms with Crippen LogP contribution in [0, 0.1) is 0 Å². The first kappa shape index (κ1) is 16.8. The Kier molecular flexibility index (Phi) is 4.49. The van der Waals surface area contributed by atoms with Crippen LogP contribution < -0.4 is 5.76 Å². The van der Waals surface area contributed by atoms with Crippen molar-refractivity contribution < 1.29 is 17.6 Å². The highest BCUT2D eigenvalue weighted by atomic mass is 32.2. The maximum absolute atomic E-state index is 12.5. The molecule has 0 aliphatic carbocycles. The van der Waals surface area contributed by atoms with Crippen LogP contribution in [0.1, 0.15) is 25.3 Å². The lowest BCUT2D eigenvalue weighted by atomic mass is 10.1. The fraction of sp³-hybridized carbons (Fsp3) is 0.500. The number of sulfone groups is 1. The topological polar surface area (TPSA) is 100 Å². The number of hydrogen-bond acceptors (Lipinski definition) is 5. The predicted octanol–water partition coefficient (Wildman–Crippen LogP) is 1.09. The van der Waals surface area contributed by atoms with E-state index in [1.807, 2.05) is 13.0 Å². The molecule has 0 radical (unpaired) electrons. The van der Waals surface area contributed by atoms with Gasteiger partial charge in [-0.25, -0.2) is 13.2 Å². The molecule has 2 aromatic rings. The number of aromatic nitrogens is 1. The Morgan fingerprint density at radius 2 is 2.21 bits per heavy atom. The van der Waals surface area contributed by atoms with E-state index in [1.54, 1.807) is 17.0 Å². The first-order valence-electron chi connectivity index (χ1n) is 7.99. The summed E-state index contributed by atoms with van der Waals surface area (Å²) >= 11 is 0. The second-order valence-corrected chi connectivity index (χ2v) is 8.31.